The van der Waals surface area contributed by atoms with Gasteiger partial charge >= 0.3 is 5.97 Å². The number of primary sulfonamides is 1. The summed E-state index contributed by atoms with van der Waals surface area (Å²) >= 11 is 3.14. The monoisotopic (exact) mass is 406 g/mol. The maximum absolute atomic E-state index is 12.1. The van der Waals surface area contributed by atoms with Crippen molar-refractivity contribution in [3.63, 3.8) is 0 Å². The Morgan fingerprint density at radius 2 is 1.91 bits per heavy atom. The predicted octanol–water partition coefficient (Wildman–Crippen LogP) is 1.41. The number of hydrogen-bond donors (Lipinski definition) is 2. The second-order valence-electron chi connectivity index (χ2n) is 5.37. The molecule has 0 spiro atoms. The summed E-state index contributed by atoms with van der Waals surface area (Å²) in [6, 6.07) is 3.73. The molecule has 0 radical (unpaired) electrons. The molecule has 128 valence electrons. The molecular formula is C14H19BrN2O5S. The maximum atomic E-state index is 12.1. The molecule has 1 amide bonds. The first-order valence-electron chi connectivity index (χ1n) is 6.83. The Hall–Kier alpha value is -1.45. The molecule has 0 saturated heterocycles. The normalized spacial score (nSPS) is 12.8. The van der Waals surface area contributed by atoms with E-state index in [1.807, 2.05) is 13.8 Å². The Morgan fingerprint density at radius 3 is 2.43 bits per heavy atom. The third kappa shape index (κ3) is 5.92. The molecule has 1 atom stereocenters. The molecule has 0 fully saturated rings. The summed E-state index contributed by atoms with van der Waals surface area (Å²) in [7, 11) is -3.95. The minimum Gasteiger partial charge on any atom is -0.449 e. The lowest BCUT2D eigenvalue weighted by molar-refractivity contribution is -0.129. The highest BCUT2D eigenvalue weighted by atomic mass is 79.9. The maximum Gasteiger partial charge on any atom is 0.340 e. The van der Waals surface area contributed by atoms with E-state index < -0.39 is 28.0 Å². The number of amides is 1. The molecule has 0 aromatic heterocycles. The molecule has 3 N–H and O–H groups in total. The summed E-state index contributed by atoms with van der Waals surface area (Å²) in [5.41, 5.74) is -0.0277. The zero-order valence-corrected chi connectivity index (χ0v) is 15.4. The summed E-state index contributed by atoms with van der Waals surface area (Å²) < 4.78 is 28.1. The molecular weight excluding hydrogens is 388 g/mol. The Morgan fingerprint density at radius 1 is 1.30 bits per heavy atom. The fraction of sp³-hybridized carbons (Fsp3) is 0.429. The van der Waals surface area contributed by atoms with Gasteiger partial charge in [0.05, 0.1) is 10.5 Å². The van der Waals surface area contributed by atoms with Crippen LogP contribution in [0.2, 0.25) is 0 Å². The average molecular weight is 407 g/mol. The molecule has 9 heteroatoms. The van der Waals surface area contributed by atoms with Crippen molar-refractivity contribution in [2.45, 2.75) is 31.8 Å². The van der Waals surface area contributed by atoms with Gasteiger partial charge in [-0.15, -0.1) is 0 Å². The number of hydrogen-bond acceptors (Lipinski definition) is 5. The van der Waals surface area contributed by atoms with E-state index in [0.717, 1.165) is 6.07 Å². The van der Waals surface area contributed by atoms with Gasteiger partial charge in [-0.3, -0.25) is 4.79 Å². The number of nitrogens with two attached hydrogens (primary N) is 1. The zero-order chi connectivity index (χ0) is 17.8. The fourth-order valence-electron chi connectivity index (χ4n) is 1.56. The van der Waals surface area contributed by atoms with Gasteiger partial charge in [-0.25, -0.2) is 18.4 Å². The molecule has 1 rings (SSSR count). The topological polar surface area (TPSA) is 116 Å². The van der Waals surface area contributed by atoms with Gasteiger partial charge in [0.2, 0.25) is 10.0 Å². The predicted molar refractivity (Wildman–Crippen MR) is 88.2 cm³/mol. The quantitative estimate of drug-likeness (QED) is 0.692. The van der Waals surface area contributed by atoms with E-state index in [4.69, 9.17) is 9.88 Å². The van der Waals surface area contributed by atoms with E-state index in [2.05, 4.69) is 21.2 Å². The van der Waals surface area contributed by atoms with Crippen molar-refractivity contribution in [1.29, 1.82) is 0 Å². The van der Waals surface area contributed by atoms with Crippen LogP contribution in [0.5, 0.6) is 0 Å². The summed E-state index contributed by atoms with van der Waals surface area (Å²) in [4.78, 5) is 23.7. The van der Waals surface area contributed by atoms with Crippen molar-refractivity contribution in [2.24, 2.45) is 11.1 Å². The Balaban J connectivity index is 2.87. The van der Waals surface area contributed by atoms with Crippen molar-refractivity contribution in [3.8, 4) is 0 Å². The Kier molecular flexibility index (Phi) is 6.72. The minimum absolute atomic E-state index is 0.0277. The molecule has 0 unspecified atom stereocenters. The van der Waals surface area contributed by atoms with Crippen molar-refractivity contribution < 1.29 is 22.7 Å². The van der Waals surface area contributed by atoms with Crippen LogP contribution in [-0.2, 0) is 19.6 Å². The largest absolute Gasteiger partial charge is 0.449 e. The lowest BCUT2D eigenvalue weighted by Gasteiger charge is -2.15. The Labute approximate surface area is 143 Å². The van der Waals surface area contributed by atoms with Gasteiger partial charge in [0, 0.05) is 11.0 Å². The van der Waals surface area contributed by atoms with Gasteiger partial charge in [0.25, 0.3) is 5.91 Å². The molecule has 7 nitrogen and oxygen atoms in total. The number of carbonyl (C=O) groups is 2. The van der Waals surface area contributed by atoms with Crippen LogP contribution in [0.15, 0.2) is 27.6 Å². The zero-order valence-electron chi connectivity index (χ0n) is 13.0. The minimum atomic E-state index is -3.95. The number of esters is 1. The molecule has 0 bridgehead atoms. The van der Waals surface area contributed by atoms with Crippen molar-refractivity contribution >= 4 is 37.8 Å². The smallest absolute Gasteiger partial charge is 0.340 e. The molecule has 0 saturated carbocycles. The number of halogens is 1. The third-order valence-corrected chi connectivity index (χ3v) is 4.43. The molecule has 0 aliphatic heterocycles. The molecule has 1 aromatic rings. The number of nitrogens with one attached hydrogen (secondary N) is 1. The number of carbonyl (C=O) groups excluding carboxylic acids is 2. The third-order valence-electron chi connectivity index (χ3n) is 2.82. The van der Waals surface area contributed by atoms with E-state index >= 15 is 0 Å². The molecule has 0 aliphatic rings. The van der Waals surface area contributed by atoms with Crippen molar-refractivity contribution in [3.05, 3.63) is 28.2 Å². The standard InChI is InChI=1S/C14H19BrN2O5S/c1-8(2)7-17-13(18)9(3)22-14(19)11-6-10(23(16,20)21)4-5-12(11)15/h4-6,8-9H,7H2,1-3H3,(H,17,18)(H2,16,20,21)/t9-/m1/s1. The highest BCUT2D eigenvalue weighted by molar-refractivity contribution is 9.10. The van der Waals surface area contributed by atoms with E-state index in [1.54, 1.807) is 0 Å². The fourth-order valence-corrected chi connectivity index (χ4v) is 2.51. The van der Waals surface area contributed by atoms with Crippen LogP contribution in [0, 0.1) is 5.92 Å². The first kappa shape index (κ1) is 19.6. The SMILES string of the molecule is CC(C)CNC(=O)[C@@H](C)OC(=O)c1cc(S(N)(=O)=O)ccc1Br. The first-order chi connectivity index (χ1) is 10.5. The number of rotatable bonds is 6. The molecule has 0 aliphatic carbocycles. The van der Waals surface area contributed by atoms with Crippen LogP contribution in [0.4, 0.5) is 0 Å². The highest BCUT2D eigenvalue weighted by Gasteiger charge is 2.22. The summed E-state index contributed by atoms with van der Waals surface area (Å²) in [6.07, 6.45) is -1.01. The van der Waals surface area contributed by atoms with Gasteiger partial charge in [-0.2, -0.15) is 0 Å². The number of sulfonamides is 1. The van der Waals surface area contributed by atoms with Crippen LogP contribution in [0.25, 0.3) is 0 Å². The first-order valence-corrected chi connectivity index (χ1v) is 9.17. The van der Waals surface area contributed by atoms with Crippen LogP contribution in [0.1, 0.15) is 31.1 Å². The van der Waals surface area contributed by atoms with E-state index in [9.17, 15) is 18.0 Å². The number of benzene rings is 1. The van der Waals surface area contributed by atoms with Crippen LogP contribution in [-0.4, -0.2) is 32.9 Å². The van der Waals surface area contributed by atoms with Gasteiger partial charge in [-0.05, 0) is 47.0 Å². The van der Waals surface area contributed by atoms with Gasteiger partial charge in [0.15, 0.2) is 6.10 Å². The van der Waals surface area contributed by atoms with E-state index in [1.165, 1.54) is 19.1 Å². The molecule has 1 aromatic carbocycles. The van der Waals surface area contributed by atoms with Gasteiger partial charge in [0.1, 0.15) is 0 Å². The van der Waals surface area contributed by atoms with Crippen LogP contribution < -0.4 is 10.5 Å². The average Bonchev–Trinajstić information content (AvgIpc) is 2.43. The van der Waals surface area contributed by atoms with Gasteiger partial charge in [-0.1, -0.05) is 13.8 Å². The van der Waals surface area contributed by atoms with Crippen molar-refractivity contribution in [1.82, 2.24) is 5.32 Å². The van der Waals surface area contributed by atoms with Crippen molar-refractivity contribution in [2.75, 3.05) is 6.54 Å². The van der Waals surface area contributed by atoms with Crippen LogP contribution in [0.3, 0.4) is 0 Å². The second-order valence-corrected chi connectivity index (χ2v) is 7.79. The second kappa shape index (κ2) is 7.89. The van der Waals surface area contributed by atoms with E-state index in [0.29, 0.717) is 11.0 Å². The highest BCUT2D eigenvalue weighted by Crippen LogP contribution is 2.21. The number of ether oxygens (including phenoxy) is 1. The molecule has 0 heterocycles. The van der Waals surface area contributed by atoms with E-state index in [-0.39, 0.29) is 16.4 Å². The summed E-state index contributed by atoms with van der Waals surface area (Å²) in [5, 5.41) is 7.68. The lowest BCUT2D eigenvalue weighted by atomic mass is 10.2. The van der Waals surface area contributed by atoms with Gasteiger partial charge < -0.3 is 10.1 Å². The lowest BCUT2D eigenvalue weighted by Crippen LogP contribution is -2.37. The molecule has 23 heavy (non-hydrogen) atoms. The van der Waals surface area contributed by atoms with Crippen LogP contribution >= 0.6 is 15.9 Å². The Bertz CT molecular complexity index is 703. The summed E-state index contributed by atoms with van der Waals surface area (Å²) in [6.45, 7) is 5.77. The summed E-state index contributed by atoms with van der Waals surface area (Å²) in [5.74, 6) is -0.984.